The van der Waals surface area contributed by atoms with Gasteiger partial charge in [0.15, 0.2) is 0 Å². The normalized spacial score (nSPS) is 11.5. The first-order chi connectivity index (χ1) is 9.98. The number of nitrogens with one attached hydrogen (secondary N) is 1. The molecule has 21 heavy (non-hydrogen) atoms. The van der Waals surface area contributed by atoms with Crippen molar-refractivity contribution < 1.29 is 8.42 Å². The Balaban J connectivity index is 1.98. The van der Waals surface area contributed by atoms with E-state index in [1.807, 2.05) is 12.1 Å². The van der Waals surface area contributed by atoms with E-state index in [0.29, 0.717) is 18.1 Å². The van der Waals surface area contributed by atoms with E-state index >= 15 is 0 Å². The molecule has 0 spiro atoms. The smallest absolute Gasteiger partial charge is 0.216 e. The van der Waals surface area contributed by atoms with Crippen LogP contribution in [0.1, 0.15) is 22.6 Å². The molecular weight excluding hydrogens is 288 g/mol. The molecule has 0 saturated carbocycles. The Bertz CT molecular complexity index is 699. The maximum absolute atomic E-state index is 12.0. The van der Waals surface area contributed by atoms with Gasteiger partial charge in [-0.25, -0.2) is 23.1 Å². The van der Waals surface area contributed by atoms with Gasteiger partial charge in [-0.1, -0.05) is 24.3 Å². The molecule has 3 N–H and O–H groups in total. The van der Waals surface area contributed by atoms with Crippen LogP contribution < -0.4 is 10.5 Å². The third kappa shape index (κ3) is 4.89. The number of aryl methyl sites for hydroxylation is 1. The minimum atomic E-state index is -3.41. The number of benzene rings is 1. The van der Waals surface area contributed by atoms with Crippen LogP contribution >= 0.6 is 0 Å². The standard InChI is InChI=1S/C14H18N4O2S/c1-11-16-7-6-14(18-11)9-17-21(19,20)10-13-4-2-12(8-15)3-5-13/h2-7,17H,8-10,15H2,1H3. The molecule has 7 heteroatoms. The second-order valence-corrected chi connectivity index (χ2v) is 6.50. The second kappa shape index (κ2) is 6.75. The zero-order valence-electron chi connectivity index (χ0n) is 11.8. The van der Waals surface area contributed by atoms with Crippen molar-refractivity contribution in [2.75, 3.05) is 0 Å². The molecule has 1 aromatic carbocycles. The lowest BCUT2D eigenvalue weighted by molar-refractivity contribution is 0.579. The SMILES string of the molecule is Cc1nccc(CNS(=O)(=O)Cc2ccc(CN)cc2)n1. The Morgan fingerprint density at radius 1 is 1.14 bits per heavy atom. The van der Waals surface area contributed by atoms with Crippen molar-refractivity contribution in [1.82, 2.24) is 14.7 Å². The van der Waals surface area contributed by atoms with Crippen LogP contribution in [0, 0.1) is 6.92 Å². The van der Waals surface area contributed by atoms with Crippen LogP contribution in [0.4, 0.5) is 0 Å². The molecule has 112 valence electrons. The summed E-state index contributed by atoms with van der Waals surface area (Å²) in [5, 5.41) is 0. The summed E-state index contributed by atoms with van der Waals surface area (Å²) >= 11 is 0. The molecule has 0 saturated heterocycles. The third-order valence-electron chi connectivity index (χ3n) is 2.92. The number of aromatic nitrogens is 2. The number of hydrogen-bond acceptors (Lipinski definition) is 5. The number of rotatable bonds is 6. The van der Waals surface area contributed by atoms with Crippen LogP contribution in [0.2, 0.25) is 0 Å². The molecule has 2 rings (SSSR count). The monoisotopic (exact) mass is 306 g/mol. The topological polar surface area (TPSA) is 98.0 Å². The molecule has 0 aliphatic heterocycles. The van der Waals surface area contributed by atoms with E-state index in [2.05, 4.69) is 14.7 Å². The zero-order valence-corrected chi connectivity index (χ0v) is 12.6. The molecule has 1 heterocycles. The van der Waals surface area contributed by atoms with Gasteiger partial charge >= 0.3 is 0 Å². The lowest BCUT2D eigenvalue weighted by Gasteiger charge is -2.07. The average molecular weight is 306 g/mol. The van der Waals surface area contributed by atoms with Gasteiger partial charge in [-0.05, 0) is 24.1 Å². The van der Waals surface area contributed by atoms with Crippen LogP contribution in [0.15, 0.2) is 36.5 Å². The van der Waals surface area contributed by atoms with Gasteiger partial charge in [0.2, 0.25) is 10.0 Å². The van der Waals surface area contributed by atoms with Crippen molar-refractivity contribution in [3.05, 3.63) is 59.2 Å². The van der Waals surface area contributed by atoms with Crippen molar-refractivity contribution >= 4 is 10.0 Å². The fraction of sp³-hybridized carbons (Fsp3) is 0.286. The molecule has 0 fully saturated rings. The maximum Gasteiger partial charge on any atom is 0.216 e. The van der Waals surface area contributed by atoms with E-state index in [0.717, 1.165) is 11.1 Å². The van der Waals surface area contributed by atoms with Crippen molar-refractivity contribution in [2.24, 2.45) is 5.73 Å². The van der Waals surface area contributed by atoms with Crippen LogP contribution in [0.25, 0.3) is 0 Å². The quantitative estimate of drug-likeness (QED) is 0.825. The number of sulfonamides is 1. The summed E-state index contributed by atoms with van der Waals surface area (Å²) in [5.74, 6) is 0.547. The van der Waals surface area contributed by atoms with Crippen LogP contribution in [-0.4, -0.2) is 18.4 Å². The summed E-state index contributed by atoms with van der Waals surface area (Å²) in [7, 11) is -3.41. The Kier molecular flexibility index (Phi) is 5.00. The summed E-state index contributed by atoms with van der Waals surface area (Å²) in [6.45, 7) is 2.36. The molecule has 0 unspecified atom stereocenters. The minimum absolute atomic E-state index is 0.0675. The van der Waals surface area contributed by atoms with Gasteiger partial charge in [-0.2, -0.15) is 0 Å². The minimum Gasteiger partial charge on any atom is -0.326 e. The van der Waals surface area contributed by atoms with Crippen LogP contribution in [0.3, 0.4) is 0 Å². The van der Waals surface area contributed by atoms with Gasteiger partial charge in [-0.3, -0.25) is 0 Å². The zero-order chi connectivity index (χ0) is 15.3. The predicted octanol–water partition coefficient (Wildman–Crippen LogP) is 0.863. The Morgan fingerprint density at radius 2 is 1.81 bits per heavy atom. The number of hydrogen-bond donors (Lipinski definition) is 2. The highest BCUT2D eigenvalue weighted by Crippen LogP contribution is 2.08. The molecule has 2 aromatic rings. The van der Waals surface area contributed by atoms with Crippen molar-refractivity contribution in [3.8, 4) is 0 Å². The molecule has 0 bridgehead atoms. The second-order valence-electron chi connectivity index (χ2n) is 4.70. The maximum atomic E-state index is 12.0. The lowest BCUT2D eigenvalue weighted by atomic mass is 10.1. The van der Waals surface area contributed by atoms with Gasteiger partial charge in [0.1, 0.15) is 5.82 Å². The first kappa shape index (κ1) is 15.6. The molecule has 0 aliphatic carbocycles. The summed E-state index contributed by atoms with van der Waals surface area (Å²) in [4.78, 5) is 8.12. The largest absolute Gasteiger partial charge is 0.326 e. The van der Waals surface area contributed by atoms with E-state index in [1.165, 1.54) is 0 Å². The van der Waals surface area contributed by atoms with E-state index in [1.54, 1.807) is 31.3 Å². The summed E-state index contributed by atoms with van der Waals surface area (Å²) in [5.41, 5.74) is 7.85. The summed E-state index contributed by atoms with van der Waals surface area (Å²) < 4.78 is 26.6. The molecule has 0 atom stereocenters. The molecule has 0 aliphatic rings. The Hall–Kier alpha value is -1.83. The van der Waals surface area contributed by atoms with Gasteiger partial charge in [0, 0.05) is 12.7 Å². The summed E-state index contributed by atoms with van der Waals surface area (Å²) in [6, 6.07) is 8.90. The van der Waals surface area contributed by atoms with E-state index in [-0.39, 0.29) is 12.3 Å². The van der Waals surface area contributed by atoms with Crippen LogP contribution in [0.5, 0.6) is 0 Å². The first-order valence-corrected chi connectivity index (χ1v) is 8.17. The summed E-state index contributed by atoms with van der Waals surface area (Å²) in [6.07, 6.45) is 1.61. The van der Waals surface area contributed by atoms with Gasteiger partial charge < -0.3 is 5.73 Å². The third-order valence-corrected chi connectivity index (χ3v) is 4.22. The molecule has 6 nitrogen and oxygen atoms in total. The Morgan fingerprint density at radius 3 is 2.43 bits per heavy atom. The van der Waals surface area contributed by atoms with Gasteiger partial charge in [0.25, 0.3) is 0 Å². The number of nitrogens with two attached hydrogens (primary N) is 1. The molecule has 1 aromatic heterocycles. The first-order valence-electron chi connectivity index (χ1n) is 6.52. The fourth-order valence-corrected chi connectivity index (χ4v) is 2.93. The van der Waals surface area contributed by atoms with E-state index < -0.39 is 10.0 Å². The predicted molar refractivity (Wildman–Crippen MR) is 80.6 cm³/mol. The molecule has 0 amide bonds. The van der Waals surface area contributed by atoms with Gasteiger partial charge in [0.05, 0.1) is 18.0 Å². The van der Waals surface area contributed by atoms with Gasteiger partial charge in [-0.15, -0.1) is 0 Å². The average Bonchev–Trinajstić information content (AvgIpc) is 2.46. The van der Waals surface area contributed by atoms with E-state index in [9.17, 15) is 8.42 Å². The van der Waals surface area contributed by atoms with Crippen molar-refractivity contribution in [1.29, 1.82) is 0 Å². The van der Waals surface area contributed by atoms with Crippen molar-refractivity contribution in [3.63, 3.8) is 0 Å². The number of nitrogens with zero attached hydrogens (tertiary/aromatic N) is 2. The highest BCUT2D eigenvalue weighted by molar-refractivity contribution is 7.88. The highest BCUT2D eigenvalue weighted by Gasteiger charge is 2.11. The molecule has 0 radical (unpaired) electrons. The highest BCUT2D eigenvalue weighted by atomic mass is 32.2. The van der Waals surface area contributed by atoms with E-state index in [4.69, 9.17) is 5.73 Å². The lowest BCUT2D eigenvalue weighted by Crippen LogP contribution is -2.25. The van der Waals surface area contributed by atoms with Crippen LogP contribution in [-0.2, 0) is 28.9 Å². The van der Waals surface area contributed by atoms with Crippen molar-refractivity contribution in [2.45, 2.75) is 25.8 Å². The Labute approximate surface area is 124 Å². The fourth-order valence-electron chi connectivity index (χ4n) is 1.83. The molecular formula is C14H18N4O2S.